The molecule has 0 radical (unpaired) electrons. The van der Waals surface area contributed by atoms with Gasteiger partial charge in [0.2, 0.25) is 0 Å². The van der Waals surface area contributed by atoms with Gasteiger partial charge in [-0.1, -0.05) is 0 Å². The molecule has 0 fully saturated rings. The van der Waals surface area contributed by atoms with Crippen molar-refractivity contribution >= 4 is 7.32 Å². The molecule has 0 amide bonds. The summed E-state index contributed by atoms with van der Waals surface area (Å²) in [6.07, 6.45) is 0. The van der Waals surface area contributed by atoms with Gasteiger partial charge in [-0.2, -0.15) is 0 Å². The maximum absolute atomic E-state index is 9.81. The summed E-state index contributed by atoms with van der Waals surface area (Å²) in [6.45, 7) is 0. The fraction of sp³-hybridized carbons (Fsp3) is 0. The molecule has 0 atom stereocenters. The molecular weight excluding hydrogens is 203 g/mol. The van der Waals surface area contributed by atoms with Gasteiger partial charge in [-0.15, -0.1) is 0 Å². The second-order valence-electron chi connectivity index (χ2n) is 0.649. The number of halogens is 4. The van der Waals surface area contributed by atoms with E-state index in [1.54, 1.807) is 0 Å². The number of rotatable bonds is 0. The summed E-state index contributed by atoms with van der Waals surface area (Å²) in [4.78, 5) is 0. The van der Waals surface area contributed by atoms with Crippen LogP contribution in [0.1, 0.15) is 0 Å². The van der Waals surface area contributed by atoms with Crippen LogP contribution in [0.4, 0.5) is 14.2 Å². The fourth-order valence-corrected chi connectivity index (χ4v) is 0. The van der Waals surface area contributed by atoms with Crippen LogP contribution in [-0.2, 0) is 14.7 Å². The molecule has 10 heavy (non-hydrogen) atoms. The molecule has 0 bridgehead atoms. The first-order valence-corrected chi connectivity index (χ1v) is 2.98. The molecule has 0 aromatic carbocycles. The van der Waals surface area contributed by atoms with Gasteiger partial charge in [0, 0.05) is 0 Å². The van der Waals surface area contributed by atoms with Gasteiger partial charge in [-0.05, 0) is 0 Å². The molecule has 68 valence electrons. The van der Waals surface area contributed by atoms with Crippen LogP contribution in [0, 0.1) is 7.43 Å². The molecule has 0 aliphatic rings. The third-order valence-electron chi connectivity index (χ3n) is 0. The van der Waals surface area contributed by atoms with Crippen molar-refractivity contribution in [3.05, 3.63) is 7.43 Å². The van der Waals surface area contributed by atoms with Gasteiger partial charge in [0.15, 0.2) is 0 Å². The summed E-state index contributed by atoms with van der Waals surface area (Å²) in [5.74, 6) is 0. The predicted octanol–water partition coefficient (Wildman–Crippen LogP) is 0.0768. The molecular formula is CH6BF4FeO3-. The summed E-state index contributed by atoms with van der Waals surface area (Å²) in [5.41, 5.74) is 0. The molecule has 0 aromatic heterocycles. The third kappa shape index (κ3) is 12400. The molecule has 3 N–H and O–H groups in total. The van der Waals surface area contributed by atoms with Gasteiger partial charge in [-0.3, -0.25) is 0 Å². The molecule has 0 rings (SSSR count). The molecule has 0 aliphatic heterocycles. The normalized spacial score (nSPS) is 10.3. The SMILES string of the molecule is OB(O)O.[CH3-].[F][Fe]([F])([F])[F]. The standard InChI is InChI=1S/CH3.BH3O3.4FH.Fe/c;2-1(3)4;;;;;/h1H3;2-4H;4*1H;/q-1;;;;;;+4/p-4. The molecule has 3 nitrogen and oxygen atoms in total. The Kier molecular flexibility index (Phi) is 12.1. The maximum atomic E-state index is 9.81. The van der Waals surface area contributed by atoms with E-state index in [-0.39, 0.29) is 7.43 Å². The first-order chi connectivity index (χ1) is 3.73. The Balaban J connectivity index is -0.0000000910. The van der Waals surface area contributed by atoms with E-state index in [4.69, 9.17) is 15.1 Å². The summed E-state index contributed by atoms with van der Waals surface area (Å²) in [5, 5.41) is 21.5. The zero-order chi connectivity index (χ0) is 8.08. The molecule has 0 aromatic rings. The molecule has 0 aliphatic carbocycles. The van der Waals surface area contributed by atoms with E-state index >= 15 is 0 Å². The van der Waals surface area contributed by atoms with Crippen LogP contribution >= 0.6 is 0 Å². The van der Waals surface area contributed by atoms with Crippen molar-refractivity contribution in [2.75, 3.05) is 0 Å². The van der Waals surface area contributed by atoms with Crippen LogP contribution < -0.4 is 0 Å². The van der Waals surface area contributed by atoms with Gasteiger partial charge in [0.1, 0.15) is 0 Å². The Hall–Kier alpha value is 0.184. The van der Waals surface area contributed by atoms with Crippen molar-refractivity contribution in [2.45, 2.75) is 0 Å². The second kappa shape index (κ2) is 7.29. The van der Waals surface area contributed by atoms with E-state index in [9.17, 15) is 14.2 Å². The third-order valence-corrected chi connectivity index (χ3v) is 0. The average molecular weight is 209 g/mol. The van der Waals surface area contributed by atoms with Crippen LogP contribution in [0.5, 0.6) is 0 Å². The average Bonchev–Trinajstić information content (AvgIpc) is 1.19. The van der Waals surface area contributed by atoms with E-state index in [1.165, 1.54) is 0 Å². The first-order valence-electron chi connectivity index (χ1n) is 1.31. The summed E-state index contributed by atoms with van der Waals surface area (Å²) in [6, 6.07) is 0. The molecule has 0 saturated carbocycles. The van der Waals surface area contributed by atoms with Crippen molar-refractivity contribution < 1.29 is 43.9 Å². The molecule has 0 spiro atoms. The van der Waals surface area contributed by atoms with E-state index in [2.05, 4.69) is 0 Å². The molecule has 0 heterocycles. The van der Waals surface area contributed by atoms with Crippen molar-refractivity contribution in [1.82, 2.24) is 0 Å². The van der Waals surface area contributed by atoms with E-state index < -0.39 is 22.0 Å². The van der Waals surface area contributed by atoms with E-state index in [0.29, 0.717) is 0 Å². The second-order valence-corrected chi connectivity index (χ2v) is 1.60. The molecule has 9 heteroatoms. The van der Waals surface area contributed by atoms with E-state index in [0.717, 1.165) is 0 Å². The van der Waals surface area contributed by atoms with Crippen LogP contribution in [0.25, 0.3) is 0 Å². The summed E-state index contributed by atoms with van der Waals surface area (Å²) >= 11 is -6.50. The molecule has 0 unspecified atom stereocenters. The van der Waals surface area contributed by atoms with Crippen LogP contribution in [0.15, 0.2) is 0 Å². The van der Waals surface area contributed by atoms with Crippen LogP contribution in [-0.4, -0.2) is 22.4 Å². The van der Waals surface area contributed by atoms with Gasteiger partial charge in [0.05, 0.1) is 0 Å². The summed E-state index contributed by atoms with van der Waals surface area (Å²) in [7, 11) is -2.17. The van der Waals surface area contributed by atoms with Gasteiger partial charge in [-0.25, -0.2) is 0 Å². The van der Waals surface area contributed by atoms with Crippen LogP contribution in [0.2, 0.25) is 0 Å². The Bertz CT molecular complexity index is 57.3. The Morgan fingerprint density at radius 3 is 0.900 bits per heavy atom. The Morgan fingerprint density at radius 2 is 0.900 bits per heavy atom. The molecule has 0 saturated heterocycles. The van der Waals surface area contributed by atoms with Gasteiger partial charge >= 0.3 is 36.2 Å². The van der Waals surface area contributed by atoms with Gasteiger partial charge < -0.3 is 22.5 Å². The van der Waals surface area contributed by atoms with E-state index in [1.807, 2.05) is 0 Å². The predicted molar refractivity (Wildman–Crippen MR) is 23.3 cm³/mol. The topological polar surface area (TPSA) is 60.7 Å². The number of hydrogen-bond acceptors (Lipinski definition) is 3. The monoisotopic (exact) mass is 209 g/mol. The van der Waals surface area contributed by atoms with Crippen molar-refractivity contribution in [1.29, 1.82) is 0 Å². The van der Waals surface area contributed by atoms with Crippen LogP contribution in [0.3, 0.4) is 0 Å². The number of hydrogen-bond donors (Lipinski definition) is 3. The zero-order valence-corrected chi connectivity index (χ0v) is 5.89. The Morgan fingerprint density at radius 1 is 0.900 bits per heavy atom. The zero-order valence-electron chi connectivity index (χ0n) is 4.78. The van der Waals surface area contributed by atoms with Crippen molar-refractivity contribution in [3.63, 3.8) is 0 Å². The van der Waals surface area contributed by atoms with Gasteiger partial charge in [0.25, 0.3) is 0 Å². The minimum atomic E-state index is -6.50. The minimum absolute atomic E-state index is 0. The van der Waals surface area contributed by atoms with Crippen molar-refractivity contribution in [3.8, 4) is 0 Å². The fourth-order valence-electron chi connectivity index (χ4n) is 0. The van der Waals surface area contributed by atoms with Crippen molar-refractivity contribution in [2.24, 2.45) is 0 Å². The summed E-state index contributed by atoms with van der Waals surface area (Å²) < 4.78 is 39.2. The quantitative estimate of drug-likeness (QED) is 0.300. The first kappa shape index (κ1) is 16.6. The Labute approximate surface area is 59.5 Å².